The molecule has 1 N–H and O–H groups in total. The number of hydrogen-bond donors (Lipinski definition) is 1. The van der Waals surface area contributed by atoms with E-state index < -0.39 is 15.8 Å². The summed E-state index contributed by atoms with van der Waals surface area (Å²) in [5.74, 6) is -0.0489. The van der Waals surface area contributed by atoms with Crippen LogP contribution in [0, 0.1) is 25.6 Å². The van der Waals surface area contributed by atoms with Crippen LogP contribution in [0.15, 0.2) is 47.4 Å². The second-order valence-corrected chi connectivity index (χ2v) is 10.0. The molecule has 2 aromatic rings. The Morgan fingerprint density at radius 3 is 2.39 bits per heavy atom. The zero-order chi connectivity index (χ0) is 22.6. The van der Waals surface area contributed by atoms with Gasteiger partial charge in [0, 0.05) is 19.0 Å². The van der Waals surface area contributed by atoms with Gasteiger partial charge in [0.25, 0.3) is 0 Å². The molecular formula is C23H29FN2O4S. The van der Waals surface area contributed by atoms with Crippen molar-refractivity contribution in [2.75, 3.05) is 19.7 Å². The van der Waals surface area contributed by atoms with E-state index in [0.29, 0.717) is 19.4 Å². The Labute approximate surface area is 183 Å². The average Bonchev–Trinajstić information content (AvgIpc) is 2.75. The molecule has 1 fully saturated rings. The Hall–Kier alpha value is -2.45. The standard InChI is InChI=1S/C23H29FN2O4S/c1-16-4-7-21(14-17(16)2)30-15-18(3)25-23(27)19-10-12-26(13-11-19)31(28,29)22-8-5-20(24)6-9-22/h4-9,14,18-19H,10-13,15H2,1-3H3,(H,25,27)/t18-/m1/s1. The van der Waals surface area contributed by atoms with E-state index in [1.54, 1.807) is 0 Å². The van der Waals surface area contributed by atoms with Crippen molar-refractivity contribution in [3.05, 3.63) is 59.4 Å². The lowest BCUT2D eigenvalue weighted by Gasteiger charge is -2.31. The number of sulfonamides is 1. The Morgan fingerprint density at radius 2 is 1.77 bits per heavy atom. The van der Waals surface area contributed by atoms with Crippen LogP contribution in [-0.4, -0.2) is 44.4 Å². The first kappa shape index (κ1) is 23.2. The largest absolute Gasteiger partial charge is 0.491 e. The first-order valence-corrected chi connectivity index (χ1v) is 11.9. The lowest BCUT2D eigenvalue weighted by molar-refractivity contribution is -0.126. The van der Waals surface area contributed by atoms with Crippen molar-refractivity contribution in [1.82, 2.24) is 9.62 Å². The smallest absolute Gasteiger partial charge is 0.243 e. The van der Waals surface area contributed by atoms with Crippen LogP contribution < -0.4 is 10.1 Å². The predicted molar refractivity (Wildman–Crippen MR) is 117 cm³/mol. The Balaban J connectivity index is 1.48. The summed E-state index contributed by atoms with van der Waals surface area (Å²) < 4.78 is 45.6. The molecule has 1 saturated heterocycles. The third kappa shape index (κ3) is 5.83. The number of aryl methyl sites for hydroxylation is 2. The number of nitrogens with zero attached hydrogens (tertiary/aromatic N) is 1. The lowest BCUT2D eigenvalue weighted by atomic mass is 9.97. The van der Waals surface area contributed by atoms with Gasteiger partial charge in [-0.05, 0) is 81.1 Å². The minimum atomic E-state index is -3.68. The summed E-state index contributed by atoms with van der Waals surface area (Å²) in [6.07, 6.45) is 0.883. The molecule has 1 atom stereocenters. The minimum absolute atomic E-state index is 0.0638. The highest BCUT2D eigenvalue weighted by atomic mass is 32.2. The maximum atomic E-state index is 13.1. The summed E-state index contributed by atoms with van der Waals surface area (Å²) >= 11 is 0. The summed E-state index contributed by atoms with van der Waals surface area (Å²) in [4.78, 5) is 12.7. The molecule has 0 radical (unpaired) electrons. The molecule has 1 aliphatic heterocycles. The van der Waals surface area contributed by atoms with Gasteiger partial charge < -0.3 is 10.1 Å². The molecule has 0 spiro atoms. The van der Waals surface area contributed by atoms with E-state index in [2.05, 4.69) is 5.32 Å². The van der Waals surface area contributed by atoms with Crippen molar-refractivity contribution in [2.45, 2.75) is 44.6 Å². The van der Waals surface area contributed by atoms with Crippen LogP contribution in [0.25, 0.3) is 0 Å². The van der Waals surface area contributed by atoms with Gasteiger partial charge in [-0.3, -0.25) is 4.79 Å². The first-order chi connectivity index (χ1) is 14.7. The predicted octanol–water partition coefficient (Wildman–Crippen LogP) is 3.43. The molecule has 0 aliphatic carbocycles. The van der Waals surface area contributed by atoms with E-state index in [1.165, 1.54) is 22.0 Å². The fourth-order valence-electron chi connectivity index (χ4n) is 3.54. The normalized spacial score (nSPS) is 16.6. The lowest BCUT2D eigenvalue weighted by Crippen LogP contribution is -2.45. The highest BCUT2D eigenvalue weighted by molar-refractivity contribution is 7.89. The Bertz CT molecular complexity index is 1020. The van der Waals surface area contributed by atoms with E-state index in [-0.39, 0.29) is 35.9 Å². The summed E-state index contributed by atoms with van der Waals surface area (Å²) in [6, 6.07) is 10.5. The maximum absolute atomic E-state index is 13.1. The quantitative estimate of drug-likeness (QED) is 0.704. The summed E-state index contributed by atoms with van der Waals surface area (Å²) in [7, 11) is -3.68. The van der Waals surface area contributed by atoms with E-state index in [1.807, 2.05) is 39.0 Å². The van der Waals surface area contributed by atoms with Crippen molar-refractivity contribution in [1.29, 1.82) is 0 Å². The van der Waals surface area contributed by atoms with Crippen molar-refractivity contribution in [3.63, 3.8) is 0 Å². The van der Waals surface area contributed by atoms with Gasteiger partial charge in [-0.2, -0.15) is 4.31 Å². The van der Waals surface area contributed by atoms with Gasteiger partial charge in [-0.25, -0.2) is 12.8 Å². The minimum Gasteiger partial charge on any atom is -0.491 e. The number of nitrogens with one attached hydrogen (secondary N) is 1. The zero-order valence-electron chi connectivity index (χ0n) is 18.1. The van der Waals surface area contributed by atoms with E-state index in [0.717, 1.165) is 23.4 Å². The van der Waals surface area contributed by atoms with Gasteiger partial charge in [0.1, 0.15) is 18.2 Å². The van der Waals surface area contributed by atoms with Crippen molar-refractivity contribution in [2.24, 2.45) is 5.92 Å². The van der Waals surface area contributed by atoms with Gasteiger partial charge in [0.15, 0.2) is 0 Å². The van der Waals surface area contributed by atoms with Crippen LogP contribution in [0.2, 0.25) is 0 Å². The number of hydrogen-bond acceptors (Lipinski definition) is 4. The van der Waals surface area contributed by atoms with Crippen LogP contribution in [0.5, 0.6) is 5.75 Å². The molecule has 0 aromatic heterocycles. The van der Waals surface area contributed by atoms with E-state index in [9.17, 15) is 17.6 Å². The van der Waals surface area contributed by atoms with Gasteiger partial charge in [0.05, 0.1) is 10.9 Å². The highest BCUT2D eigenvalue weighted by Crippen LogP contribution is 2.24. The van der Waals surface area contributed by atoms with E-state index >= 15 is 0 Å². The summed E-state index contributed by atoms with van der Waals surface area (Å²) in [5.41, 5.74) is 2.35. The summed E-state index contributed by atoms with van der Waals surface area (Å²) in [6.45, 7) is 6.81. The molecule has 6 nitrogen and oxygen atoms in total. The Kier molecular flexibility index (Phi) is 7.33. The number of halogens is 1. The molecule has 1 aliphatic rings. The molecule has 168 valence electrons. The fraction of sp³-hybridized carbons (Fsp3) is 0.435. The molecule has 0 unspecified atom stereocenters. The number of carbonyl (C=O) groups is 1. The topological polar surface area (TPSA) is 75.7 Å². The second kappa shape index (κ2) is 9.78. The van der Waals surface area contributed by atoms with Gasteiger partial charge in [0.2, 0.25) is 15.9 Å². The van der Waals surface area contributed by atoms with Crippen LogP contribution in [0.4, 0.5) is 4.39 Å². The number of rotatable bonds is 7. The first-order valence-electron chi connectivity index (χ1n) is 10.4. The third-order valence-corrected chi connectivity index (χ3v) is 7.56. The van der Waals surface area contributed by atoms with Gasteiger partial charge in [-0.15, -0.1) is 0 Å². The van der Waals surface area contributed by atoms with Crippen molar-refractivity contribution < 1.29 is 22.3 Å². The van der Waals surface area contributed by atoms with Crippen LogP contribution in [-0.2, 0) is 14.8 Å². The maximum Gasteiger partial charge on any atom is 0.243 e. The molecular weight excluding hydrogens is 419 g/mol. The molecule has 8 heteroatoms. The molecule has 0 saturated carbocycles. The number of ether oxygens (including phenoxy) is 1. The molecule has 3 rings (SSSR count). The molecule has 1 heterocycles. The van der Waals surface area contributed by atoms with Crippen LogP contribution in [0.3, 0.4) is 0 Å². The molecule has 1 amide bonds. The summed E-state index contributed by atoms with van der Waals surface area (Å²) in [5, 5.41) is 2.96. The molecule has 0 bridgehead atoms. The number of piperidine rings is 1. The number of amides is 1. The number of carbonyl (C=O) groups excluding carboxylic acids is 1. The third-order valence-electron chi connectivity index (χ3n) is 5.64. The van der Waals surface area contributed by atoms with Crippen LogP contribution >= 0.6 is 0 Å². The van der Waals surface area contributed by atoms with Gasteiger partial charge in [-0.1, -0.05) is 6.07 Å². The zero-order valence-corrected chi connectivity index (χ0v) is 18.9. The monoisotopic (exact) mass is 448 g/mol. The second-order valence-electron chi connectivity index (χ2n) is 8.10. The average molecular weight is 449 g/mol. The Morgan fingerprint density at radius 1 is 1.13 bits per heavy atom. The fourth-order valence-corrected chi connectivity index (χ4v) is 5.01. The SMILES string of the molecule is Cc1ccc(OC[C@@H](C)NC(=O)C2CCN(S(=O)(=O)c3ccc(F)cc3)CC2)cc1C. The number of benzene rings is 2. The highest BCUT2D eigenvalue weighted by Gasteiger charge is 2.32. The molecule has 31 heavy (non-hydrogen) atoms. The van der Waals surface area contributed by atoms with Crippen molar-refractivity contribution >= 4 is 15.9 Å². The van der Waals surface area contributed by atoms with Crippen LogP contribution in [0.1, 0.15) is 30.9 Å². The van der Waals surface area contributed by atoms with Crippen molar-refractivity contribution in [3.8, 4) is 5.75 Å². The molecule has 2 aromatic carbocycles. The van der Waals surface area contributed by atoms with E-state index in [4.69, 9.17) is 4.74 Å². The van der Waals surface area contributed by atoms with Gasteiger partial charge >= 0.3 is 0 Å².